The van der Waals surface area contributed by atoms with Crippen molar-refractivity contribution in [1.82, 2.24) is 29.8 Å². The highest BCUT2D eigenvalue weighted by atomic mass is 16.2. The molecule has 3 aromatic heterocycles. The molecule has 3 saturated heterocycles. The van der Waals surface area contributed by atoms with Gasteiger partial charge in [0.25, 0.3) is 5.91 Å². The summed E-state index contributed by atoms with van der Waals surface area (Å²) >= 11 is 0. The van der Waals surface area contributed by atoms with Gasteiger partial charge < -0.3 is 25.4 Å². The lowest BCUT2D eigenvalue weighted by molar-refractivity contribution is 0.0781. The number of fused-ring (bicyclic) bond motifs is 1. The fraction of sp³-hybridized carbons (Fsp3) is 0.520. The molecule has 0 atom stereocenters. The van der Waals surface area contributed by atoms with E-state index < -0.39 is 0 Å². The van der Waals surface area contributed by atoms with E-state index in [9.17, 15) is 4.79 Å². The molecule has 0 radical (unpaired) electrons. The van der Waals surface area contributed by atoms with Crippen molar-refractivity contribution in [3.63, 3.8) is 0 Å². The Bertz CT molecular complexity index is 1170. The number of hydrogen-bond donors (Lipinski definition) is 2. The molecule has 10 heteroatoms. The molecule has 6 rings (SSSR count). The first kappa shape index (κ1) is 22.1. The van der Waals surface area contributed by atoms with Crippen molar-refractivity contribution in [3.8, 4) is 0 Å². The highest BCUT2D eigenvalue weighted by molar-refractivity contribution is 5.98. The predicted molar refractivity (Wildman–Crippen MR) is 137 cm³/mol. The summed E-state index contributed by atoms with van der Waals surface area (Å²) in [6.45, 7) is 7.46. The monoisotopic (exact) mass is 475 g/mol. The van der Waals surface area contributed by atoms with E-state index >= 15 is 0 Å². The van der Waals surface area contributed by atoms with E-state index in [1.54, 1.807) is 6.20 Å². The lowest BCUT2D eigenvalue weighted by Crippen LogP contribution is -2.43. The number of nitrogens with zero attached hydrogens (tertiary/aromatic N) is 7. The normalized spacial score (nSPS) is 18.9. The Morgan fingerprint density at radius 1 is 0.886 bits per heavy atom. The number of amides is 1. The number of hydrogen-bond acceptors (Lipinski definition) is 8. The average Bonchev–Trinajstić information content (AvgIpc) is 3.58. The highest BCUT2D eigenvalue weighted by Crippen LogP contribution is 2.25. The minimum Gasteiger partial charge on any atom is -0.368 e. The van der Waals surface area contributed by atoms with E-state index in [4.69, 9.17) is 4.98 Å². The molecule has 0 aliphatic carbocycles. The summed E-state index contributed by atoms with van der Waals surface area (Å²) in [6, 6.07) is 6.01. The molecule has 3 aromatic rings. The number of anilines is 3. The van der Waals surface area contributed by atoms with Crippen molar-refractivity contribution in [2.45, 2.75) is 32.1 Å². The molecular formula is C25H33N9O. The second-order valence-corrected chi connectivity index (χ2v) is 9.59. The van der Waals surface area contributed by atoms with Gasteiger partial charge in [-0.2, -0.15) is 4.98 Å². The number of nitrogens with one attached hydrogen (secondary N) is 2. The maximum absolute atomic E-state index is 13.4. The maximum Gasteiger partial charge on any atom is 0.272 e. The minimum absolute atomic E-state index is 0.0887. The molecule has 1 amide bonds. The maximum atomic E-state index is 13.4. The van der Waals surface area contributed by atoms with Gasteiger partial charge in [0.2, 0.25) is 5.95 Å². The number of rotatable bonds is 5. The molecule has 0 unspecified atom stereocenters. The molecule has 0 spiro atoms. The smallest absolute Gasteiger partial charge is 0.272 e. The van der Waals surface area contributed by atoms with Crippen LogP contribution in [0.15, 0.2) is 30.6 Å². The van der Waals surface area contributed by atoms with Gasteiger partial charge in [0.05, 0.1) is 11.9 Å². The van der Waals surface area contributed by atoms with Crippen LogP contribution in [0, 0.1) is 0 Å². The van der Waals surface area contributed by atoms with Gasteiger partial charge in [-0.1, -0.05) is 0 Å². The average molecular weight is 476 g/mol. The van der Waals surface area contributed by atoms with E-state index in [1.165, 1.54) is 6.42 Å². The predicted octanol–water partition coefficient (Wildman–Crippen LogP) is 2.34. The van der Waals surface area contributed by atoms with Crippen LogP contribution in [0.3, 0.4) is 0 Å². The second-order valence-electron chi connectivity index (χ2n) is 9.59. The molecule has 0 saturated carbocycles. The SMILES string of the molecule is O=C(c1cc2cnc(Nc3ccc(N4CCNCC4)cn3)nc2n1N1CCCCC1)N1CCCC1. The molecule has 184 valence electrons. The van der Waals surface area contributed by atoms with Gasteiger partial charge in [-0.3, -0.25) is 4.79 Å². The fourth-order valence-corrected chi connectivity index (χ4v) is 5.32. The van der Waals surface area contributed by atoms with Crippen LogP contribution in [0.5, 0.6) is 0 Å². The molecule has 3 fully saturated rings. The van der Waals surface area contributed by atoms with Crippen LogP contribution in [0.25, 0.3) is 11.0 Å². The van der Waals surface area contributed by atoms with Crippen molar-refractivity contribution in [1.29, 1.82) is 0 Å². The Morgan fingerprint density at radius 3 is 2.40 bits per heavy atom. The summed E-state index contributed by atoms with van der Waals surface area (Å²) in [5, 5.41) is 9.78. The molecule has 6 heterocycles. The van der Waals surface area contributed by atoms with Crippen LogP contribution in [0.4, 0.5) is 17.5 Å². The summed E-state index contributed by atoms with van der Waals surface area (Å²) in [6.07, 6.45) is 9.32. The van der Waals surface area contributed by atoms with E-state index in [2.05, 4.69) is 36.6 Å². The van der Waals surface area contributed by atoms with Crippen LogP contribution in [0.2, 0.25) is 0 Å². The first-order valence-electron chi connectivity index (χ1n) is 12.9. The zero-order valence-electron chi connectivity index (χ0n) is 20.1. The quantitative estimate of drug-likeness (QED) is 0.581. The summed E-state index contributed by atoms with van der Waals surface area (Å²) in [5.41, 5.74) is 2.58. The van der Waals surface area contributed by atoms with Gasteiger partial charge in [-0.25, -0.2) is 14.6 Å². The Hall–Kier alpha value is -3.40. The van der Waals surface area contributed by atoms with Crippen LogP contribution in [-0.4, -0.2) is 82.8 Å². The number of piperazine rings is 1. The van der Waals surface area contributed by atoms with Crippen molar-refractivity contribution in [3.05, 3.63) is 36.3 Å². The summed E-state index contributed by atoms with van der Waals surface area (Å²) in [5.74, 6) is 1.27. The number of piperidine rings is 1. The first-order valence-corrected chi connectivity index (χ1v) is 12.9. The number of likely N-dealkylation sites (tertiary alicyclic amines) is 1. The summed E-state index contributed by atoms with van der Waals surface area (Å²) in [4.78, 5) is 31.7. The van der Waals surface area contributed by atoms with Crippen molar-refractivity contribution in [2.75, 3.05) is 67.6 Å². The zero-order chi connectivity index (χ0) is 23.6. The van der Waals surface area contributed by atoms with Crippen molar-refractivity contribution in [2.24, 2.45) is 0 Å². The molecule has 3 aliphatic rings. The molecule has 0 aromatic carbocycles. The Labute approximate surface area is 205 Å². The lowest BCUT2D eigenvalue weighted by Gasteiger charge is -2.32. The van der Waals surface area contributed by atoms with Crippen molar-refractivity contribution >= 4 is 34.4 Å². The number of aromatic nitrogens is 4. The van der Waals surface area contributed by atoms with Crippen molar-refractivity contribution < 1.29 is 4.79 Å². The summed E-state index contributed by atoms with van der Waals surface area (Å²) in [7, 11) is 0. The largest absolute Gasteiger partial charge is 0.368 e. The molecular weight excluding hydrogens is 442 g/mol. The van der Waals surface area contributed by atoms with Gasteiger partial charge in [0.15, 0.2) is 5.65 Å². The Balaban J connectivity index is 1.29. The van der Waals surface area contributed by atoms with Crippen LogP contribution in [-0.2, 0) is 0 Å². The number of carbonyl (C=O) groups excluding carboxylic acids is 1. The van der Waals surface area contributed by atoms with Crippen LogP contribution >= 0.6 is 0 Å². The third-order valence-electron chi connectivity index (χ3n) is 7.21. The number of carbonyl (C=O) groups is 1. The second kappa shape index (κ2) is 9.69. The van der Waals surface area contributed by atoms with E-state index in [-0.39, 0.29) is 5.91 Å². The molecule has 35 heavy (non-hydrogen) atoms. The molecule has 3 aliphatic heterocycles. The van der Waals surface area contributed by atoms with E-state index in [1.807, 2.05) is 27.9 Å². The third-order valence-corrected chi connectivity index (χ3v) is 7.21. The van der Waals surface area contributed by atoms with Crippen LogP contribution < -0.4 is 20.5 Å². The van der Waals surface area contributed by atoms with E-state index in [0.29, 0.717) is 17.5 Å². The number of pyridine rings is 1. The molecule has 0 bridgehead atoms. The summed E-state index contributed by atoms with van der Waals surface area (Å²) < 4.78 is 2.04. The first-order chi connectivity index (χ1) is 17.3. The molecule has 2 N–H and O–H groups in total. The molecule has 10 nitrogen and oxygen atoms in total. The fourth-order valence-electron chi connectivity index (χ4n) is 5.32. The van der Waals surface area contributed by atoms with Gasteiger partial charge in [-0.05, 0) is 50.3 Å². The van der Waals surface area contributed by atoms with Gasteiger partial charge in [-0.15, -0.1) is 0 Å². The zero-order valence-corrected chi connectivity index (χ0v) is 20.1. The standard InChI is InChI=1S/C25H33N9O/c35-24(32-10-4-5-11-32)21-16-19-17-28-25(30-23(19)34(21)33-12-2-1-3-13-33)29-22-7-6-20(18-27-22)31-14-8-26-9-15-31/h6-7,16-18,26H,1-5,8-15H2,(H,27,28,29,30). The van der Waals surface area contributed by atoms with Crippen LogP contribution in [0.1, 0.15) is 42.6 Å². The lowest BCUT2D eigenvalue weighted by atomic mass is 10.2. The Morgan fingerprint density at radius 2 is 1.66 bits per heavy atom. The Kier molecular flexibility index (Phi) is 6.12. The topological polar surface area (TPSA) is 94.4 Å². The van der Waals surface area contributed by atoms with Gasteiger partial charge in [0.1, 0.15) is 11.5 Å². The highest BCUT2D eigenvalue weighted by Gasteiger charge is 2.27. The van der Waals surface area contributed by atoms with Gasteiger partial charge >= 0.3 is 0 Å². The van der Waals surface area contributed by atoms with Gasteiger partial charge in [0, 0.05) is 63.9 Å². The third kappa shape index (κ3) is 4.50. The van der Waals surface area contributed by atoms with E-state index in [0.717, 1.165) is 94.8 Å². The minimum atomic E-state index is 0.0887.